The molecule has 29 heavy (non-hydrogen) atoms. The number of benzene rings is 1. The lowest BCUT2D eigenvalue weighted by atomic mass is 10.1. The molecule has 0 radical (unpaired) electrons. The largest absolute Gasteiger partial charge is 0.490 e. The molecule has 1 saturated carbocycles. The SMILES string of the molecule is CC(C)(C)n1cc(-c2cc(OC[C@@H]3CNCC4(CC4)O3)c3cccnc3c2)cn1. The van der Waals surface area contributed by atoms with E-state index in [1.165, 1.54) is 0 Å². The Bertz CT molecular complexity index is 1030. The van der Waals surface area contributed by atoms with Gasteiger partial charge in [-0.05, 0) is 63.4 Å². The number of rotatable bonds is 4. The summed E-state index contributed by atoms with van der Waals surface area (Å²) in [5.74, 6) is 0.841. The molecular weight excluding hydrogens is 364 g/mol. The van der Waals surface area contributed by atoms with Gasteiger partial charge in [-0.3, -0.25) is 9.67 Å². The highest BCUT2D eigenvalue weighted by molar-refractivity contribution is 5.89. The molecule has 0 amide bonds. The number of nitrogens with zero attached hydrogens (tertiary/aromatic N) is 3. The third-order valence-electron chi connectivity index (χ3n) is 5.75. The molecule has 1 aliphatic carbocycles. The molecule has 6 heteroatoms. The molecule has 2 aromatic heterocycles. The first kappa shape index (κ1) is 18.6. The minimum atomic E-state index is -0.0588. The van der Waals surface area contributed by atoms with E-state index in [2.05, 4.69) is 60.6 Å². The molecule has 0 unspecified atom stereocenters. The topological polar surface area (TPSA) is 61.2 Å². The van der Waals surface area contributed by atoms with Gasteiger partial charge in [-0.2, -0.15) is 5.10 Å². The van der Waals surface area contributed by atoms with Crippen LogP contribution in [0.1, 0.15) is 33.6 Å². The number of ether oxygens (including phenoxy) is 2. The first-order valence-electron chi connectivity index (χ1n) is 10.4. The number of hydrogen-bond acceptors (Lipinski definition) is 5. The van der Waals surface area contributed by atoms with Gasteiger partial charge in [0.1, 0.15) is 18.5 Å². The highest BCUT2D eigenvalue weighted by atomic mass is 16.6. The maximum Gasteiger partial charge on any atom is 0.129 e. The van der Waals surface area contributed by atoms with Gasteiger partial charge in [-0.15, -0.1) is 0 Å². The number of nitrogens with one attached hydrogen (secondary N) is 1. The van der Waals surface area contributed by atoms with E-state index in [9.17, 15) is 0 Å². The molecule has 152 valence electrons. The van der Waals surface area contributed by atoms with E-state index in [1.807, 2.05) is 23.1 Å². The van der Waals surface area contributed by atoms with Crippen LogP contribution in [0, 0.1) is 0 Å². The van der Waals surface area contributed by atoms with Gasteiger partial charge in [0.05, 0.1) is 22.9 Å². The number of pyridine rings is 1. The Morgan fingerprint density at radius 2 is 2.14 bits per heavy atom. The first-order chi connectivity index (χ1) is 13.9. The maximum absolute atomic E-state index is 6.28. The molecule has 3 aromatic rings. The molecule has 1 spiro atoms. The van der Waals surface area contributed by atoms with Crippen LogP contribution in [-0.2, 0) is 10.3 Å². The summed E-state index contributed by atoms with van der Waals surface area (Å²) in [6, 6.07) is 8.20. The molecule has 1 aromatic carbocycles. The smallest absolute Gasteiger partial charge is 0.129 e. The average molecular weight is 393 g/mol. The van der Waals surface area contributed by atoms with E-state index in [1.54, 1.807) is 0 Å². The predicted molar refractivity (Wildman–Crippen MR) is 113 cm³/mol. The van der Waals surface area contributed by atoms with Crippen molar-refractivity contribution in [2.75, 3.05) is 19.7 Å². The summed E-state index contributed by atoms with van der Waals surface area (Å²) < 4.78 is 14.5. The average Bonchev–Trinajstić information content (AvgIpc) is 3.24. The minimum absolute atomic E-state index is 0.0588. The zero-order valence-electron chi connectivity index (χ0n) is 17.3. The van der Waals surface area contributed by atoms with Crippen LogP contribution in [0.15, 0.2) is 42.9 Å². The van der Waals surface area contributed by atoms with Crippen LogP contribution in [0.25, 0.3) is 22.0 Å². The van der Waals surface area contributed by atoms with Crippen molar-refractivity contribution < 1.29 is 9.47 Å². The van der Waals surface area contributed by atoms with Crippen LogP contribution >= 0.6 is 0 Å². The second kappa shape index (κ2) is 6.82. The van der Waals surface area contributed by atoms with Crippen molar-refractivity contribution in [3.8, 4) is 16.9 Å². The van der Waals surface area contributed by atoms with Crippen LogP contribution in [0.3, 0.4) is 0 Å². The van der Waals surface area contributed by atoms with Crippen molar-refractivity contribution in [2.24, 2.45) is 0 Å². The van der Waals surface area contributed by atoms with Crippen molar-refractivity contribution in [1.82, 2.24) is 20.1 Å². The highest BCUT2D eigenvalue weighted by Gasteiger charge is 2.47. The quantitative estimate of drug-likeness (QED) is 0.733. The number of hydrogen-bond donors (Lipinski definition) is 1. The van der Waals surface area contributed by atoms with Gasteiger partial charge in [-0.1, -0.05) is 0 Å². The van der Waals surface area contributed by atoms with Gasteiger partial charge in [0.2, 0.25) is 0 Å². The van der Waals surface area contributed by atoms with Gasteiger partial charge in [0.25, 0.3) is 0 Å². The summed E-state index contributed by atoms with van der Waals surface area (Å²) in [6.07, 6.45) is 8.18. The zero-order chi connectivity index (χ0) is 20.1. The van der Waals surface area contributed by atoms with Crippen LogP contribution in [0.2, 0.25) is 0 Å². The number of aromatic nitrogens is 3. The molecule has 1 N–H and O–H groups in total. The van der Waals surface area contributed by atoms with Crippen molar-refractivity contribution in [2.45, 2.75) is 50.9 Å². The van der Waals surface area contributed by atoms with Gasteiger partial charge in [0.15, 0.2) is 0 Å². The molecule has 6 nitrogen and oxygen atoms in total. The van der Waals surface area contributed by atoms with Gasteiger partial charge < -0.3 is 14.8 Å². The fraction of sp³-hybridized carbons (Fsp3) is 0.478. The Labute approximate surface area is 171 Å². The van der Waals surface area contributed by atoms with E-state index in [0.29, 0.717) is 6.61 Å². The van der Waals surface area contributed by atoms with E-state index in [4.69, 9.17) is 9.47 Å². The normalized spacial score (nSPS) is 20.9. The molecule has 0 bridgehead atoms. The lowest BCUT2D eigenvalue weighted by Crippen LogP contribution is -2.48. The summed E-state index contributed by atoms with van der Waals surface area (Å²) in [7, 11) is 0. The summed E-state index contributed by atoms with van der Waals surface area (Å²) in [4.78, 5) is 4.56. The fourth-order valence-electron chi connectivity index (χ4n) is 3.88. The summed E-state index contributed by atoms with van der Waals surface area (Å²) >= 11 is 0. The fourth-order valence-corrected chi connectivity index (χ4v) is 3.88. The third kappa shape index (κ3) is 3.74. The minimum Gasteiger partial charge on any atom is -0.490 e. The second-order valence-corrected chi connectivity index (χ2v) is 9.25. The van der Waals surface area contributed by atoms with Crippen molar-refractivity contribution >= 4 is 10.9 Å². The van der Waals surface area contributed by atoms with Gasteiger partial charge in [-0.25, -0.2) is 0 Å². The lowest BCUT2D eigenvalue weighted by Gasteiger charge is -2.31. The van der Waals surface area contributed by atoms with Crippen LogP contribution in [0.5, 0.6) is 5.75 Å². The molecule has 3 heterocycles. The van der Waals surface area contributed by atoms with E-state index in [-0.39, 0.29) is 17.2 Å². The number of fused-ring (bicyclic) bond motifs is 1. The van der Waals surface area contributed by atoms with Crippen molar-refractivity contribution in [3.63, 3.8) is 0 Å². The third-order valence-corrected chi connectivity index (χ3v) is 5.75. The molecule has 2 fully saturated rings. The monoisotopic (exact) mass is 392 g/mol. The Morgan fingerprint density at radius 3 is 2.90 bits per heavy atom. The Hall–Kier alpha value is -2.44. The van der Waals surface area contributed by atoms with E-state index < -0.39 is 0 Å². The molecular formula is C23H28N4O2. The maximum atomic E-state index is 6.28. The molecule has 2 aliphatic rings. The first-order valence-corrected chi connectivity index (χ1v) is 10.4. The van der Waals surface area contributed by atoms with Gasteiger partial charge >= 0.3 is 0 Å². The Balaban J connectivity index is 1.43. The molecule has 1 saturated heterocycles. The van der Waals surface area contributed by atoms with Crippen molar-refractivity contribution in [3.05, 3.63) is 42.9 Å². The summed E-state index contributed by atoms with van der Waals surface area (Å²) in [5, 5.41) is 9.05. The Morgan fingerprint density at radius 1 is 1.28 bits per heavy atom. The Kier molecular flexibility index (Phi) is 4.37. The van der Waals surface area contributed by atoms with Crippen molar-refractivity contribution in [1.29, 1.82) is 0 Å². The predicted octanol–water partition coefficient (Wildman–Crippen LogP) is 3.75. The summed E-state index contributed by atoms with van der Waals surface area (Å²) in [5.41, 5.74) is 3.05. The second-order valence-electron chi connectivity index (χ2n) is 9.25. The van der Waals surface area contributed by atoms with E-state index in [0.717, 1.165) is 53.7 Å². The molecule has 1 atom stereocenters. The molecule has 5 rings (SSSR count). The molecule has 1 aliphatic heterocycles. The van der Waals surface area contributed by atoms with Crippen LogP contribution in [0.4, 0.5) is 0 Å². The van der Waals surface area contributed by atoms with Crippen LogP contribution < -0.4 is 10.1 Å². The van der Waals surface area contributed by atoms with E-state index >= 15 is 0 Å². The highest BCUT2D eigenvalue weighted by Crippen LogP contribution is 2.41. The van der Waals surface area contributed by atoms with Crippen LogP contribution in [-0.4, -0.2) is 46.2 Å². The lowest BCUT2D eigenvalue weighted by molar-refractivity contribution is -0.0711. The standard InChI is InChI=1S/C23H28N4O2/c1-22(2,3)27-13-17(11-26-27)16-9-20-19(5-4-8-25-20)21(10-16)28-14-18-12-24-15-23(29-18)6-7-23/h4-5,8-11,13,18,24H,6-7,12,14-15H2,1-3H3/t18-/m0/s1. The summed E-state index contributed by atoms with van der Waals surface area (Å²) in [6.45, 7) is 8.75. The number of morpholine rings is 1. The zero-order valence-corrected chi connectivity index (χ0v) is 17.3. The van der Waals surface area contributed by atoms with Gasteiger partial charge in [0, 0.05) is 36.4 Å².